The zero-order valence-electron chi connectivity index (χ0n) is 16.5. The Kier molecular flexibility index (Phi) is 8.39. The van der Waals surface area contributed by atoms with E-state index in [0.717, 1.165) is 38.8 Å². The van der Waals surface area contributed by atoms with Crippen molar-refractivity contribution in [3.63, 3.8) is 0 Å². The predicted octanol–water partition coefficient (Wildman–Crippen LogP) is 2.86. The molecule has 0 heterocycles. The van der Waals surface area contributed by atoms with Crippen molar-refractivity contribution in [1.29, 1.82) is 0 Å². The lowest BCUT2D eigenvalue weighted by atomic mass is 9.83. The number of ether oxygens (including phenoxy) is 1. The first-order chi connectivity index (χ1) is 12.5. The van der Waals surface area contributed by atoms with Gasteiger partial charge in [0.05, 0.1) is 6.10 Å². The predicted molar refractivity (Wildman–Crippen MR) is 107 cm³/mol. The first kappa shape index (κ1) is 20.7. The van der Waals surface area contributed by atoms with Crippen LogP contribution in [-0.4, -0.2) is 44.3 Å². The van der Waals surface area contributed by atoms with Gasteiger partial charge in [-0.05, 0) is 57.2 Å². The third-order valence-corrected chi connectivity index (χ3v) is 5.18. The van der Waals surface area contributed by atoms with Gasteiger partial charge in [-0.2, -0.15) is 0 Å². The number of carbonyl (C=O) groups excluding carboxylic acids is 1. The Bertz CT molecular complexity index is 564. The van der Waals surface area contributed by atoms with Gasteiger partial charge in [0.1, 0.15) is 0 Å². The summed E-state index contributed by atoms with van der Waals surface area (Å²) in [5.74, 6) is 0.160. The molecule has 0 unspecified atom stereocenters. The maximum Gasteiger partial charge on any atom is 0.223 e. The maximum atomic E-state index is 12.6. The van der Waals surface area contributed by atoms with Gasteiger partial charge in [-0.3, -0.25) is 4.79 Å². The molecule has 5 heteroatoms. The van der Waals surface area contributed by atoms with Crippen LogP contribution >= 0.6 is 0 Å². The molecule has 0 bridgehead atoms. The Morgan fingerprint density at radius 1 is 1.35 bits per heavy atom. The van der Waals surface area contributed by atoms with Gasteiger partial charge in [0.25, 0.3) is 0 Å². The molecule has 5 nitrogen and oxygen atoms in total. The standard InChI is InChI=1S/C21H35N3O2/c1-4-13-26-20-15-17(9-10-19(20)22)21(25)23-11-12-24(5-2)18-8-6-7-16(3)14-18/h6-8,14,17,19-20H,4-5,9-13,15,22H2,1-3H3,(H,23,25)/t17-,19+,20+/m0/s1. The number of benzene rings is 1. The fraction of sp³-hybridized carbons (Fsp3) is 0.667. The molecule has 26 heavy (non-hydrogen) atoms. The van der Waals surface area contributed by atoms with E-state index in [1.165, 1.54) is 11.3 Å². The maximum absolute atomic E-state index is 12.6. The van der Waals surface area contributed by atoms with E-state index in [4.69, 9.17) is 10.5 Å². The number of rotatable bonds is 9. The molecule has 1 aliphatic carbocycles. The number of hydrogen-bond acceptors (Lipinski definition) is 4. The molecule has 1 saturated carbocycles. The van der Waals surface area contributed by atoms with Crippen LogP contribution in [0.3, 0.4) is 0 Å². The highest BCUT2D eigenvalue weighted by molar-refractivity contribution is 5.78. The molecule has 0 aromatic heterocycles. The molecular formula is C21H35N3O2. The molecule has 1 aliphatic rings. The van der Waals surface area contributed by atoms with Crippen LogP contribution in [0.15, 0.2) is 24.3 Å². The van der Waals surface area contributed by atoms with E-state index in [1.54, 1.807) is 0 Å². The molecule has 2 rings (SSSR count). The molecule has 0 aliphatic heterocycles. The Hall–Kier alpha value is -1.59. The number of likely N-dealkylation sites (N-methyl/N-ethyl adjacent to an activating group) is 1. The smallest absolute Gasteiger partial charge is 0.223 e. The van der Waals surface area contributed by atoms with Crippen molar-refractivity contribution in [2.45, 2.75) is 58.6 Å². The highest BCUT2D eigenvalue weighted by atomic mass is 16.5. The molecule has 1 amide bonds. The van der Waals surface area contributed by atoms with Crippen LogP contribution < -0.4 is 16.0 Å². The van der Waals surface area contributed by atoms with E-state index in [2.05, 4.69) is 55.3 Å². The molecular weight excluding hydrogens is 326 g/mol. The van der Waals surface area contributed by atoms with E-state index < -0.39 is 0 Å². The normalized spacial score (nSPS) is 22.8. The van der Waals surface area contributed by atoms with Gasteiger partial charge in [0.15, 0.2) is 0 Å². The molecule has 0 spiro atoms. The van der Waals surface area contributed by atoms with Crippen molar-refractivity contribution >= 4 is 11.6 Å². The minimum absolute atomic E-state index is 0.0129. The average Bonchev–Trinajstić information content (AvgIpc) is 2.64. The van der Waals surface area contributed by atoms with Gasteiger partial charge in [0.2, 0.25) is 5.91 Å². The number of nitrogens with two attached hydrogens (primary N) is 1. The first-order valence-electron chi connectivity index (χ1n) is 10.0. The zero-order valence-corrected chi connectivity index (χ0v) is 16.5. The van der Waals surface area contributed by atoms with Crippen molar-refractivity contribution in [3.05, 3.63) is 29.8 Å². The summed E-state index contributed by atoms with van der Waals surface area (Å²) in [5.41, 5.74) is 8.61. The summed E-state index contributed by atoms with van der Waals surface area (Å²) in [6.45, 7) is 9.44. The van der Waals surface area contributed by atoms with Gasteiger partial charge >= 0.3 is 0 Å². The second kappa shape index (κ2) is 10.5. The largest absolute Gasteiger partial charge is 0.377 e. The number of anilines is 1. The van der Waals surface area contributed by atoms with Crippen LogP contribution in [0.4, 0.5) is 5.69 Å². The topological polar surface area (TPSA) is 67.6 Å². The van der Waals surface area contributed by atoms with E-state index in [1.807, 2.05) is 0 Å². The quantitative estimate of drug-likeness (QED) is 0.710. The van der Waals surface area contributed by atoms with Gasteiger partial charge < -0.3 is 20.7 Å². The Morgan fingerprint density at radius 2 is 2.15 bits per heavy atom. The second-order valence-electron chi connectivity index (χ2n) is 7.29. The summed E-state index contributed by atoms with van der Waals surface area (Å²) in [5, 5.41) is 3.12. The zero-order chi connectivity index (χ0) is 18.9. The average molecular weight is 362 g/mol. The summed E-state index contributed by atoms with van der Waals surface area (Å²) in [6, 6.07) is 8.54. The van der Waals surface area contributed by atoms with Crippen LogP contribution in [0, 0.1) is 12.8 Å². The number of hydrogen-bond donors (Lipinski definition) is 2. The highest BCUT2D eigenvalue weighted by Crippen LogP contribution is 2.26. The molecule has 3 atom stereocenters. The Morgan fingerprint density at radius 3 is 2.85 bits per heavy atom. The molecule has 146 valence electrons. The van der Waals surface area contributed by atoms with Crippen molar-refractivity contribution < 1.29 is 9.53 Å². The van der Waals surface area contributed by atoms with Crippen LogP contribution in [0.5, 0.6) is 0 Å². The fourth-order valence-corrected chi connectivity index (χ4v) is 3.60. The minimum Gasteiger partial charge on any atom is -0.377 e. The van der Waals surface area contributed by atoms with E-state index in [9.17, 15) is 4.79 Å². The van der Waals surface area contributed by atoms with Crippen LogP contribution in [0.2, 0.25) is 0 Å². The van der Waals surface area contributed by atoms with Gasteiger partial charge in [-0.25, -0.2) is 0 Å². The first-order valence-corrected chi connectivity index (χ1v) is 10.0. The lowest BCUT2D eigenvalue weighted by molar-refractivity contribution is -0.128. The summed E-state index contributed by atoms with van der Waals surface area (Å²) >= 11 is 0. The number of aryl methyl sites for hydroxylation is 1. The molecule has 1 aromatic rings. The number of nitrogens with zero attached hydrogens (tertiary/aromatic N) is 1. The SMILES string of the molecule is CCCO[C@@H]1C[C@@H](C(=O)NCCN(CC)c2cccc(C)c2)CC[C@H]1N. The Labute approximate surface area is 158 Å². The van der Waals surface area contributed by atoms with Crippen LogP contribution in [-0.2, 0) is 9.53 Å². The fourth-order valence-electron chi connectivity index (χ4n) is 3.60. The molecule has 1 fully saturated rings. The van der Waals surface area contributed by atoms with E-state index >= 15 is 0 Å². The minimum atomic E-state index is 0.0129. The molecule has 3 N–H and O–H groups in total. The van der Waals surface area contributed by atoms with Crippen LogP contribution in [0.1, 0.15) is 45.1 Å². The lowest BCUT2D eigenvalue weighted by Gasteiger charge is -2.33. The third-order valence-electron chi connectivity index (χ3n) is 5.18. The summed E-state index contributed by atoms with van der Waals surface area (Å²) in [4.78, 5) is 14.8. The third kappa shape index (κ3) is 5.99. The number of carbonyl (C=O) groups is 1. The van der Waals surface area contributed by atoms with Crippen molar-refractivity contribution in [2.24, 2.45) is 11.7 Å². The van der Waals surface area contributed by atoms with Crippen molar-refractivity contribution in [1.82, 2.24) is 5.32 Å². The van der Waals surface area contributed by atoms with E-state index in [0.29, 0.717) is 13.2 Å². The molecule has 0 saturated heterocycles. The summed E-state index contributed by atoms with van der Waals surface area (Å²) < 4.78 is 5.84. The van der Waals surface area contributed by atoms with Crippen molar-refractivity contribution in [3.8, 4) is 0 Å². The number of nitrogens with one attached hydrogen (secondary N) is 1. The van der Waals surface area contributed by atoms with Crippen molar-refractivity contribution in [2.75, 3.05) is 31.1 Å². The molecule has 0 radical (unpaired) electrons. The summed E-state index contributed by atoms with van der Waals surface area (Å²) in [7, 11) is 0. The van der Waals surface area contributed by atoms with E-state index in [-0.39, 0.29) is 24.0 Å². The van der Waals surface area contributed by atoms with Gasteiger partial charge in [-0.15, -0.1) is 0 Å². The molecule has 1 aromatic carbocycles. The monoisotopic (exact) mass is 361 g/mol. The lowest BCUT2D eigenvalue weighted by Crippen LogP contribution is -2.46. The Balaban J connectivity index is 1.80. The van der Waals surface area contributed by atoms with Gasteiger partial charge in [-0.1, -0.05) is 19.1 Å². The second-order valence-corrected chi connectivity index (χ2v) is 7.29. The summed E-state index contributed by atoms with van der Waals surface area (Å²) in [6.07, 6.45) is 3.44. The highest BCUT2D eigenvalue weighted by Gasteiger charge is 2.32. The van der Waals surface area contributed by atoms with Crippen LogP contribution in [0.25, 0.3) is 0 Å². The number of amides is 1. The van der Waals surface area contributed by atoms with Gasteiger partial charge in [0, 0.05) is 43.9 Å².